The van der Waals surface area contributed by atoms with Crippen LogP contribution in [0.5, 0.6) is 0 Å². The van der Waals surface area contributed by atoms with Crippen LogP contribution in [0.3, 0.4) is 0 Å². The summed E-state index contributed by atoms with van der Waals surface area (Å²) in [5.41, 5.74) is 0.986. The van der Waals surface area contributed by atoms with Crippen LogP contribution in [0.2, 0.25) is 0 Å². The molecule has 7 heteroatoms. The minimum atomic E-state index is -3.49. The third-order valence-corrected chi connectivity index (χ3v) is 4.18. The molecular weight excluding hydrogens is 276 g/mol. The lowest BCUT2D eigenvalue weighted by Gasteiger charge is -2.11. The lowest BCUT2D eigenvalue weighted by Crippen LogP contribution is -2.35. The van der Waals surface area contributed by atoms with E-state index in [1.54, 1.807) is 26.4 Å². The first-order valence-electron chi connectivity index (χ1n) is 6.88. The third kappa shape index (κ3) is 4.90. The lowest BCUT2D eigenvalue weighted by molar-refractivity contribution is 0.364. The topological polar surface area (TPSA) is 66.4 Å². The number of hydrazine groups is 1. The van der Waals surface area contributed by atoms with Gasteiger partial charge >= 0.3 is 0 Å². The average molecular weight is 302 g/mol. The SMILES string of the molecule is CCCn1cc(S(=O)(=O)NN(C)C)cc1CNC(C)C. The van der Waals surface area contributed by atoms with Gasteiger partial charge in [0.15, 0.2) is 0 Å². The summed E-state index contributed by atoms with van der Waals surface area (Å²) in [5.74, 6) is 0. The maximum atomic E-state index is 12.2. The first-order valence-corrected chi connectivity index (χ1v) is 8.36. The minimum absolute atomic E-state index is 0.306. The van der Waals surface area contributed by atoms with E-state index in [0.29, 0.717) is 17.5 Å². The highest BCUT2D eigenvalue weighted by atomic mass is 32.2. The van der Waals surface area contributed by atoms with Crippen LogP contribution in [0, 0.1) is 0 Å². The Morgan fingerprint density at radius 3 is 2.50 bits per heavy atom. The number of nitrogens with one attached hydrogen (secondary N) is 2. The standard InChI is InChI=1S/C13H26N4O2S/c1-6-7-17-10-13(20(18,19)15-16(4)5)8-12(17)9-14-11(2)3/h8,10-11,14-15H,6-7,9H2,1-5H3. The van der Waals surface area contributed by atoms with E-state index >= 15 is 0 Å². The van der Waals surface area contributed by atoms with Crippen molar-refractivity contribution in [3.8, 4) is 0 Å². The molecule has 1 rings (SSSR count). The monoisotopic (exact) mass is 302 g/mol. The molecule has 0 aliphatic carbocycles. The second-order valence-electron chi connectivity index (χ2n) is 5.39. The van der Waals surface area contributed by atoms with Crippen molar-refractivity contribution in [3.63, 3.8) is 0 Å². The number of hydrogen-bond donors (Lipinski definition) is 2. The highest BCUT2D eigenvalue weighted by molar-refractivity contribution is 7.89. The molecule has 116 valence electrons. The smallest absolute Gasteiger partial charge is 0.254 e. The fourth-order valence-electron chi connectivity index (χ4n) is 1.87. The number of aromatic nitrogens is 1. The molecule has 6 nitrogen and oxygen atoms in total. The second kappa shape index (κ2) is 7.21. The largest absolute Gasteiger partial charge is 0.349 e. The quantitative estimate of drug-likeness (QED) is 0.707. The number of sulfonamides is 1. The van der Waals surface area contributed by atoms with Gasteiger partial charge in [-0.25, -0.2) is 13.4 Å². The summed E-state index contributed by atoms with van der Waals surface area (Å²) in [6.45, 7) is 7.68. The van der Waals surface area contributed by atoms with Gasteiger partial charge in [0, 0.05) is 45.1 Å². The van der Waals surface area contributed by atoms with Crippen molar-refractivity contribution in [2.75, 3.05) is 14.1 Å². The Bertz CT molecular complexity index is 520. The summed E-state index contributed by atoms with van der Waals surface area (Å²) in [6.07, 6.45) is 2.66. The maximum absolute atomic E-state index is 12.2. The number of nitrogens with zero attached hydrogens (tertiary/aromatic N) is 2. The molecular formula is C13H26N4O2S. The molecule has 0 amide bonds. The fraction of sp³-hybridized carbons (Fsp3) is 0.692. The summed E-state index contributed by atoms with van der Waals surface area (Å²) in [5, 5.41) is 4.75. The van der Waals surface area contributed by atoms with Gasteiger partial charge in [0.1, 0.15) is 4.90 Å². The van der Waals surface area contributed by atoms with Crippen molar-refractivity contribution in [2.24, 2.45) is 0 Å². The van der Waals surface area contributed by atoms with Gasteiger partial charge in [-0.1, -0.05) is 20.8 Å². The molecule has 0 saturated heterocycles. The van der Waals surface area contributed by atoms with Gasteiger partial charge < -0.3 is 9.88 Å². The molecule has 1 aromatic heterocycles. The Hall–Kier alpha value is -0.890. The fourth-order valence-corrected chi connectivity index (χ4v) is 3.01. The van der Waals surface area contributed by atoms with Gasteiger partial charge in [-0.3, -0.25) is 0 Å². The molecule has 0 aliphatic rings. The van der Waals surface area contributed by atoms with E-state index < -0.39 is 10.0 Å². The van der Waals surface area contributed by atoms with Crippen molar-refractivity contribution in [3.05, 3.63) is 18.0 Å². The Morgan fingerprint density at radius 2 is 2.00 bits per heavy atom. The van der Waals surface area contributed by atoms with Crippen LogP contribution in [-0.2, 0) is 23.1 Å². The predicted molar refractivity (Wildman–Crippen MR) is 80.7 cm³/mol. The van der Waals surface area contributed by atoms with Crippen molar-refractivity contribution < 1.29 is 8.42 Å². The Labute approximate surface area is 122 Å². The molecule has 0 bridgehead atoms. The van der Waals surface area contributed by atoms with Crippen LogP contribution in [0.25, 0.3) is 0 Å². The van der Waals surface area contributed by atoms with E-state index in [9.17, 15) is 8.42 Å². The lowest BCUT2D eigenvalue weighted by atomic mass is 10.3. The molecule has 0 spiro atoms. The van der Waals surface area contributed by atoms with Gasteiger partial charge in [0.25, 0.3) is 10.0 Å². The van der Waals surface area contributed by atoms with Crippen LogP contribution in [0.1, 0.15) is 32.9 Å². The van der Waals surface area contributed by atoms with Gasteiger partial charge in [0.2, 0.25) is 0 Å². The van der Waals surface area contributed by atoms with E-state index in [4.69, 9.17) is 0 Å². The number of rotatable bonds is 8. The molecule has 0 atom stereocenters. The van der Waals surface area contributed by atoms with Crippen molar-refractivity contribution in [1.82, 2.24) is 19.7 Å². The second-order valence-corrected chi connectivity index (χ2v) is 7.05. The average Bonchev–Trinajstić information content (AvgIpc) is 2.69. The Morgan fingerprint density at radius 1 is 1.35 bits per heavy atom. The number of aryl methyl sites for hydroxylation is 1. The molecule has 1 heterocycles. The minimum Gasteiger partial charge on any atom is -0.349 e. The molecule has 0 saturated carbocycles. The zero-order chi connectivity index (χ0) is 15.3. The molecule has 0 aromatic carbocycles. The third-order valence-electron chi connectivity index (χ3n) is 2.73. The molecule has 1 aromatic rings. The number of hydrogen-bond acceptors (Lipinski definition) is 4. The predicted octanol–water partition coefficient (Wildman–Crippen LogP) is 1.15. The Kier molecular flexibility index (Phi) is 6.19. The maximum Gasteiger partial charge on any atom is 0.254 e. The van der Waals surface area contributed by atoms with Crippen molar-refractivity contribution in [1.29, 1.82) is 0 Å². The normalized spacial score (nSPS) is 12.6. The summed E-state index contributed by atoms with van der Waals surface area (Å²) in [7, 11) is -0.182. The van der Waals surface area contributed by atoms with Gasteiger partial charge in [-0.15, -0.1) is 4.83 Å². The van der Waals surface area contributed by atoms with E-state index in [1.807, 2.05) is 4.57 Å². The molecule has 0 fully saturated rings. The zero-order valence-electron chi connectivity index (χ0n) is 13.0. The van der Waals surface area contributed by atoms with Crippen LogP contribution < -0.4 is 10.1 Å². The highest BCUT2D eigenvalue weighted by Gasteiger charge is 2.18. The summed E-state index contributed by atoms with van der Waals surface area (Å²) in [4.78, 5) is 2.76. The van der Waals surface area contributed by atoms with Gasteiger partial charge in [-0.2, -0.15) is 0 Å². The molecule has 0 unspecified atom stereocenters. The first-order chi connectivity index (χ1) is 9.26. The summed E-state index contributed by atoms with van der Waals surface area (Å²) < 4.78 is 26.3. The molecule has 2 N–H and O–H groups in total. The molecule has 20 heavy (non-hydrogen) atoms. The first kappa shape index (κ1) is 17.2. The van der Waals surface area contributed by atoms with Crippen molar-refractivity contribution >= 4 is 10.0 Å². The highest BCUT2D eigenvalue weighted by Crippen LogP contribution is 2.15. The van der Waals surface area contributed by atoms with E-state index in [1.165, 1.54) is 5.01 Å². The van der Waals surface area contributed by atoms with E-state index in [2.05, 4.69) is 30.9 Å². The molecule has 0 radical (unpaired) electrons. The molecule has 0 aliphatic heterocycles. The van der Waals surface area contributed by atoms with E-state index in [0.717, 1.165) is 18.7 Å². The van der Waals surface area contributed by atoms with Crippen LogP contribution in [0.4, 0.5) is 0 Å². The summed E-state index contributed by atoms with van der Waals surface area (Å²) in [6, 6.07) is 2.09. The van der Waals surface area contributed by atoms with Gasteiger partial charge in [0.05, 0.1) is 0 Å². The van der Waals surface area contributed by atoms with Crippen LogP contribution in [0.15, 0.2) is 17.2 Å². The Balaban J connectivity index is 3.01. The summed E-state index contributed by atoms with van der Waals surface area (Å²) >= 11 is 0. The van der Waals surface area contributed by atoms with Crippen molar-refractivity contribution in [2.45, 2.75) is 51.2 Å². The van der Waals surface area contributed by atoms with Crippen LogP contribution >= 0.6 is 0 Å². The zero-order valence-corrected chi connectivity index (χ0v) is 13.8. The van der Waals surface area contributed by atoms with E-state index in [-0.39, 0.29) is 0 Å². The van der Waals surface area contributed by atoms with Crippen LogP contribution in [-0.4, -0.2) is 38.1 Å². The van der Waals surface area contributed by atoms with Gasteiger partial charge in [-0.05, 0) is 12.5 Å².